The second-order valence-electron chi connectivity index (χ2n) is 7.15. The molecule has 0 bridgehead atoms. The quantitative estimate of drug-likeness (QED) is 0.759. The van der Waals surface area contributed by atoms with Crippen LogP contribution in [-0.4, -0.2) is 18.5 Å². The van der Waals surface area contributed by atoms with E-state index in [0.29, 0.717) is 17.4 Å². The van der Waals surface area contributed by atoms with Gasteiger partial charge in [0.05, 0.1) is 11.6 Å². The first-order chi connectivity index (χ1) is 12.5. The van der Waals surface area contributed by atoms with Crippen molar-refractivity contribution < 1.29 is 14.3 Å². The van der Waals surface area contributed by atoms with Gasteiger partial charge in [0.15, 0.2) is 6.61 Å². The van der Waals surface area contributed by atoms with Crippen molar-refractivity contribution in [2.75, 3.05) is 6.61 Å². The zero-order valence-electron chi connectivity index (χ0n) is 15.3. The van der Waals surface area contributed by atoms with Crippen LogP contribution in [0.25, 0.3) is 0 Å². The lowest BCUT2D eigenvalue weighted by Gasteiger charge is -2.18. The SMILES string of the molecule is CC(C)c1ccc(C(=O)OCC(=O)NC(c2ccccc2)C2CC2)cc1. The van der Waals surface area contributed by atoms with Crippen LogP contribution in [0.3, 0.4) is 0 Å². The first-order valence-electron chi connectivity index (χ1n) is 9.16. The van der Waals surface area contributed by atoms with E-state index in [1.54, 1.807) is 12.1 Å². The van der Waals surface area contributed by atoms with Crippen molar-refractivity contribution in [3.05, 3.63) is 71.3 Å². The summed E-state index contributed by atoms with van der Waals surface area (Å²) in [6, 6.07) is 17.3. The van der Waals surface area contributed by atoms with Gasteiger partial charge in [-0.05, 0) is 47.9 Å². The molecule has 0 aliphatic heterocycles. The molecule has 0 heterocycles. The standard InChI is InChI=1S/C22H25NO3/c1-15(2)16-8-12-19(13-9-16)22(25)26-14-20(24)23-21(18-10-11-18)17-6-4-3-5-7-17/h3-9,12-13,15,18,21H,10-11,14H2,1-2H3,(H,23,24). The molecule has 1 atom stereocenters. The fourth-order valence-electron chi connectivity index (χ4n) is 3.00. The molecule has 1 aliphatic carbocycles. The lowest BCUT2D eigenvalue weighted by Crippen LogP contribution is -2.33. The molecule has 136 valence electrons. The largest absolute Gasteiger partial charge is 0.452 e. The molecule has 0 radical (unpaired) electrons. The van der Waals surface area contributed by atoms with Crippen LogP contribution in [0.2, 0.25) is 0 Å². The van der Waals surface area contributed by atoms with E-state index in [2.05, 4.69) is 19.2 Å². The second kappa shape index (κ2) is 8.17. The summed E-state index contributed by atoms with van der Waals surface area (Å²) in [5.74, 6) is 0.139. The monoisotopic (exact) mass is 351 g/mol. The van der Waals surface area contributed by atoms with Gasteiger partial charge in [0.25, 0.3) is 5.91 Å². The van der Waals surface area contributed by atoms with Crippen LogP contribution < -0.4 is 5.32 Å². The van der Waals surface area contributed by atoms with Crippen LogP contribution in [0, 0.1) is 5.92 Å². The number of rotatable bonds is 7. The summed E-state index contributed by atoms with van der Waals surface area (Å²) in [6.45, 7) is 3.93. The number of benzene rings is 2. The normalized spacial score (nSPS) is 14.7. The maximum absolute atomic E-state index is 12.2. The van der Waals surface area contributed by atoms with Crippen molar-refractivity contribution in [1.82, 2.24) is 5.32 Å². The van der Waals surface area contributed by atoms with Gasteiger partial charge in [0, 0.05) is 0 Å². The average Bonchev–Trinajstić information content (AvgIpc) is 3.50. The molecule has 4 heteroatoms. The van der Waals surface area contributed by atoms with E-state index in [1.807, 2.05) is 42.5 Å². The van der Waals surface area contributed by atoms with Crippen LogP contribution in [-0.2, 0) is 9.53 Å². The third-order valence-electron chi connectivity index (χ3n) is 4.72. The molecule has 2 aromatic rings. The predicted octanol–water partition coefficient (Wildman–Crippen LogP) is 4.23. The molecule has 0 aromatic heterocycles. The van der Waals surface area contributed by atoms with Gasteiger partial charge in [-0.1, -0.05) is 56.3 Å². The van der Waals surface area contributed by atoms with E-state index < -0.39 is 5.97 Å². The number of carbonyl (C=O) groups excluding carboxylic acids is 2. The molecule has 1 saturated carbocycles. The Labute approximate surface area is 154 Å². The summed E-state index contributed by atoms with van der Waals surface area (Å²) in [5.41, 5.74) is 2.72. The van der Waals surface area contributed by atoms with Crippen molar-refractivity contribution in [2.45, 2.75) is 38.6 Å². The number of esters is 1. The van der Waals surface area contributed by atoms with Gasteiger partial charge in [-0.15, -0.1) is 0 Å². The lowest BCUT2D eigenvalue weighted by atomic mass is 10.0. The molecule has 1 unspecified atom stereocenters. The van der Waals surface area contributed by atoms with Crippen molar-refractivity contribution >= 4 is 11.9 Å². The van der Waals surface area contributed by atoms with Gasteiger partial charge in [0.1, 0.15) is 0 Å². The van der Waals surface area contributed by atoms with Crippen LogP contribution in [0.15, 0.2) is 54.6 Å². The summed E-state index contributed by atoms with van der Waals surface area (Å²) < 4.78 is 5.18. The van der Waals surface area contributed by atoms with Crippen molar-refractivity contribution in [1.29, 1.82) is 0 Å². The molecule has 1 N–H and O–H groups in total. The Hall–Kier alpha value is -2.62. The summed E-state index contributed by atoms with van der Waals surface area (Å²) in [6.07, 6.45) is 2.23. The molecule has 0 saturated heterocycles. The minimum Gasteiger partial charge on any atom is -0.452 e. The number of hydrogen-bond acceptors (Lipinski definition) is 3. The third kappa shape index (κ3) is 4.72. The summed E-state index contributed by atoms with van der Waals surface area (Å²) >= 11 is 0. The molecule has 3 rings (SSSR count). The number of ether oxygens (including phenoxy) is 1. The Morgan fingerprint density at radius 1 is 1.00 bits per heavy atom. The molecule has 1 amide bonds. The minimum atomic E-state index is -0.474. The first kappa shape index (κ1) is 18.2. The summed E-state index contributed by atoms with van der Waals surface area (Å²) in [4.78, 5) is 24.4. The van der Waals surface area contributed by atoms with Crippen molar-refractivity contribution in [2.24, 2.45) is 5.92 Å². The van der Waals surface area contributed by atoms with Crippen molar-refractivity contribution in [3.63, 3.8) is 0 Å². The Kier molecular flexibility index (Phi) is 5.71. The molecule has 2 aromatic carbocycles. The highest BCUT2D eigenvalue weighted by atomic mass is 16.5. The van der Waals surface area contributed by atoms with E-state index >= 15 is 0 Å². The van der Waals surface area contributed by atoms with Gasteiger partial charge in [0.2, 0.25) is 0 Å². The Balaban J connectivity index is 1.53. The third-order valence-corrected chi connectivity index (χ3v) is 4.72. The summed E-state index contributed by atoms with van der Waals surface area (Å²) in [5, 5.41) is 3.01. The zero-order chi connectivity index (χ0) is 18.5. The number of carbonyl (C=O) groups is 2. The number of hydrogen-bond donors (Lipinski definition) is 1. The van der Waals surface area contributed by atoms with Crippen LogP contribution in [0.1, 0.15) is 60.1 Å². The van der Waals surface area contributed by atoms with E-state index in [1.165, 1.54) is 0 Å². The van der Waals surface area contributed by atoms with Gasteiger partial charge in [-0.2, -0.15) is 0 Å². The topological polar surface area (TPSA) is 55.4 Å². The van der Waals surface area contributed by atoms with Crippen LogP contribution in [0.5, 0.6) is 0 Å². The Bertz CT molecular complexity index is 749. The summed E-state index contributed by atoms with van der Waals surface area (Å²) in [7, 11) is 0. The lowest BCUT2D eigenvalue weighted by molar-refractivity contribution is -0.125. The van der Waals surface area contributed by atoms with E-state index in [0.717, 1.165) is 24.0 Å². The van der Waals surface area contributed by atoms with Gasteiger partial charge in [-0.3, -0.25) is 4.79 Å². The highest BCUT2D eigenvalue weighted by Gasteiger charge is 2.33. The smallest absolute Gasteiger partial charge is 0.338 e. The van der Waals surface area contributed by atoms with Gasteiger partial charge < -0.3 is 10.1 Å². The predicted molar refractivity (Wildman–Crippen MR) is 101 cm³/mol. The Morgan fingerprint density at radius 2 is 1.65 bits per heavy atom. The van der Waals surface area contributed by atoms with Gasteiger partial charge >= 0.3 is 5.97 Å². The second-order valence-corrected chi connectivity index (χ2v) is 7.15. The van der Waals surface area contributed by atoms with E-state index in [9.17, 15) is 9.59 Å². The van der Waals surface area contributed by atoms with Crippen LogP contribution in [0.4, 0.5) is 0 Å². The molecule has 0 spiro atoms. The Morgan fingerprint density at radius 3 is 2.23 bits per heavy atom. The van der Waals surface area contributed by atoms with E-state index in [4.69, 9.17) is 4.74 Å². The maximum Gasteiger partial charge on any atom is 0.338 e. The maximum atomic E-state index is 12.2. The van der Waals surface area contributed by atoms with E-state index in [-0.39, 0.29) is 18.6 Å². The van der Waals surface area contributed by atoms with Gasteiger partial charge in [-0.25, -0.2) is 4.79 Å². The van der Waals surface area contributed by atoms with Crippen molar-refractivity contribution in [3.8, 4) is 0 Å². The highest BCUT2D eigenvalue weighted by Crippen LogP contribution is 2.40. The van der Waals surface area contributed by atoms with Crippen LogP contribution >= 0.6 is 0 Å². The molecule has 1 fully saturated rings. The molecule has 1 aliphatic rings. The fourth-order valence-corrected chi connectivity index (χ4v) is 3.00. The number of amides is 1. The molecule has 26 heavy (non-hydrogen) atoms. The zero-order valence-corrected chi connectivity index (χ0v) is 15.3. The average molecular weight is 351 g/mol. The first-order valence-corrected chi connectivity index (χ1v) is 9.16. The molecule has 4 nitrogen and oxygen atoms in total. The number of nitrogens with one attached hydrogen (secondary N) is 1. The molecular formula is C22H25NO3. The molecular weight excluding hydrogens is 326 g/mol. The minimum absolute atomic E-state index is 0.00673. The highest BCUT2D eigenvalue weighted by molar-refractivity contribution is 5.91. The fraction of sp³-hybridized carbons (Fsp3) is 0.364.